The van der Waals surface area contributed by atoms with Crippen molar-refractivity contribution in [1.29, 1.82) is 0 Å². The first-order valence-corrected chi connectivity index (χ1v) is 4.71. The zero-order chi connectivity index (χ0) is 8.16. The number of aliphatic hydroxyl groups is 1. The highest BCUT2D eigenvalue weighted by Crippen LogP contribution is 2.16. The Morgan fingerprint density at radius 1 is 1.18 bits per heavy atom. The van der Waals surface area contributed by atoms with E-state index in [0.29, 0.717) is 6.61 Å². The highest BCUT2D eigenvalue weighted by atomic mass is 16.3. The van der Waals surface area contributed by atoms with Gasteiger partial charge < -0.3 is 9.59 Å². The Morgan fingerprint density at radius 3 is 2.36 bits per heavy atom. The molecule has 0 atom stereocenters. The Bertz CT molecular complexity index is 108. The van der Waals surface area contributed by atoms with E-state index in [1.54, 1.807) is 0 Å². The monoisotopic (exact) mass is 158 g/mol. The van der Waals surface area contributed by atoms with E-state index < -0.39 is 0 Å². The Hall–Kier alpha value is -0.0800. The summed E-state index contributed by atoms with van der Waals surface area (Å²) in [6, 6.07) is 0. The average molecular weight is 158 g/mol. The van der Waals surface area contributed by atoms with Crippen LogP contribution in [0.3, 0.4) is 0 Å². The first kappa shape index (κ1) is 9.01. The Morgan fingerprint density at radius 2 is 1.82 bits per heavy atom. The van der Waals surface area contributed by atoms with Crippen molar-refractivity contribution in [1.82, 2.24) is 0 Å². The van der Waals surface area contributed by atoms with Crippen molar-refractivity contribution < 1.29 is 9.59 Å². The molecule has 66 valence electrons. The number of hydrogen-bond acceptors (Lipinski definition) is 1. The summed E-state index contributed by atoms with van der Waals surface area (Å²) in [5, 5.41) is 8.70. The molecule has 2 heteroatoms. The van der Waals surface area contributed by atoms with Crippen molar-refractivity contribution in [3.8, 4) is 0 Å². The molecule has 0 unspecified atom stereocenters. The minimum absolute atomic E-state index is 0.355. The van der Waals surface area contributed by atoms with E-state index in [1.165, 1.54) is 36.8 Å². The molecule has 1 aliphatic rings. The van der Waals surface area contributed by atoms with Gasteiger partial charge in [-0.3, -0.25) is 0 Å². The fourth-order valence-electron chi connectivity index (χ4n) is 1.95. The molecule has 1 saturated heterocycles. The van der Waals surface area contributed by atoms with Crippen LogP contribution in [0.4, 0.5) is 0 Å². The van der Waals surface area contributed by atoms with Crippen LogP contribution < -0.4 is 0 Å². The van der Waals surface area contributed by atoms with Gasteiger partial charge in [-0.15, -0.1) is 0 Å². The second kappa shape index (κ2) is 4.07. The molecule has 2 nitrogen and oxygen atoms in total. The van der Waals surface area contributed by atoms with E-state index in [-0.39, 0.29) is 0 Å². The third kappa shape index (κ3) is 2.80. The van der Waals surface area contributed by atoms with Crippen molar-refractivity contribution in [2.75, 3.05) is 33.3 Å². The molecule has 0 aliphatic carbocycles. The molecule has 0 saturated carbocycles. The fraction of sp³-hybridized carbons (Fsp3) is 1.00. The molecular formula is C9H20NO+. The Balaban J connectivity index is 2.25. The summed E-state index contributed by atoms with van der Waals surface area (Å²) in [4.78, 5) is 0. The number of quaternary nitrogens is 1. The third-order valence-electron chi connectivity index (χ3n) is 2.75. The van der Waals surface area contributed by atoms with Crippen LogP contribution in [0.1, 0.15) is 25.7 Å². The largest absolute Gasteiger partial charge is 0.396 e. The SMILES string of the molecule is C[N+]1(CCCO)CCCCC1. The Kier molecular flexibility index (Phi) is 3.34. The van der Waals surface area contributed by atoms with E-state index in [0.717, 1.165) is 13.0 Å². The molecule has 0 amide bonds. The fourth-order valence-corrected chi connectivity index (χ4v) is 1.95. The highest BCUT2D eigenvalue weighted by molar-refractivity contribution is 4.51. The van der Waals surface area contributed by atoms with Crippen molar-refractivity contribution in [3.63, 3.8) is 0 Å². The lowest BCUT2D eigenvalue weighted by atomic mass is 10.1. The van der Waals surface area contributed by atoms with E-state index in [1.807, 2.05) is 0 Å². The summed E-state index contributed by atoms with van der Waals surface area (Å²) in [7, 11) is 2.31. The highest BCUT2D eigenvalue weighted by Gasteiger charge is 2.23. The summed E-state index contributed by atoms with van der Waals surface area (Å²) >= 11 is 0. The maximum absolute atomic E-state index is 8.70. The standard InChI is InChI=1S/C9H20NO/c1-10(8-5-9-11)6-3-2-4-7-10/h11H,2-9H2,1H3/q+1. The van der Waals surface area contributed by atoms with Crippen LogP contribution in [-0.4, -0.2) is 42.9 Å². The maximum Gasteiger partial charge on any atom is 0.0806 e. The van der Waals surface area contributed by atoms with Gasteiger partial charge in [0.05, 0.1) is 26.7 Å². The molecule has 1 rings (SSSR count). The van der Waals surface area contributed by atoms with Gasteiger partial charge in [-0.2, -0.15) is 0 Å². The molecule has 0 aromatic carbocycles. The van der Waals surface area contributed by atoms with Crippen molar-refractivity contribution in [3.05, 3.63) is 0 Å². The summed E-state index contributed by atoms with van der Waals surface area (Å²) < 4.78 is 1.20. The molecule has 0 aromatic heterocycles. The van der Waals surface area contributed by atoms with E-state index in [9.17, 15) is 0 Å². The van der Waals surface area contributed by atoms with Gasteiger partial charge in [-0.05, 0) is 19.3 Å². The van der Waals surface area contributed by atoms with E-state index >= 15 is 0 Å². The third-order valence-corrected chi connectivity index (χ3v) is 2.75. The number of piperidine rings is 1. The van der Waals surface area contributed by atoms with Crippen LogP contribution in [0.2, 0.25) is 0 Å². The van der Waals surface area contributed by atoms with Crippen LogP contribution in [0.5, 0.6) is 0 Å². The zero-order valence-electron chi connectivity index (χ0n) is 7.55. The molecule has 1 N–H and O–H groups in total. The molecule has 11 heavy (non-hydrogen) atoms. The van der Waals surface area contributed by atoms with Gasteiger partial charge in [0.2, 0.25) is 0 Å². The van der Waals surface area contributed by atoms with Gasteiger partial charge in [0.1, 0.15) is 0 Å². The van der Waals surface area contributed by atoms with Crippen molar-refractivity contribution in [2.45, 2.75) is 25.7 Å². The van der Waals surface area contributed by atoms with E-state index in [4.69, 9.17) is 5.11 Å². The summed E-state index contributed by atoms with van der Waals surface area (Å²) in [5.41, 5.74) is 0. The summed E-state index contributed by atoms with van der Waals surface area (Å²) in [6.07, 6.45) is 5.13. The second-order valence-electron chi connectivity index (χ2n) is 3.93. The first-order valence-electron chi connectivity index (χ1n) is 4.71. The lowest BCUT2D eigenvalue weighted by Gasteiger charge is -2.37. The minimum atomic E-state index is 0.355. The number of rotatable bonds is 3. The van der Waals surface area contributed by atoms with Gasteiger partial charge in [-0.25, -0.2) is 0 Å². The van der Waals surface area contributed by atoms with Gasteiger partial charge in [0.15, 0.2) is 0 Å². The minimum Gasteiger partial charge on any atom is -0.396 e. The molecular weight excluding hydrogens is 138 g/mol. The maximum atomic E-state index is 8.70. The number of hydrogen-bond donors (Lipinski definition) is 1. The molecule has 1 aliphatic heterocycles. The number of nitrogens with zero attached hydrogens (tertiary/aromatic N) is 1. The summed E-state index contributed by atoms with van der Waals surface area (Å²) in [5.74, 6) is 0. The van der Waals surface area contributed by atoms with Crippen LogP contribution >= 0.6 is 0 Å². The molecule has 0 radical (unpaired) electrons. The van der Waals surface area contributed by atoms with Gasteiger partial charge in [-0.1, -0.05) is 0 Å². The van der Waals surface area contributed by atoms with E-state index in [2.05, 4.69) is 7.05 Å². The molecule has 1 fully saturated rings. The predicted octanol–water partition coefficient (Wildman–Crippen LogP) is 0.999. The normalized spacial score (nSPS) is 23.5. The van der Waals surface area contributed by atoms with Crippen LogP contribution in [-0.2, 0) is 0 Å². The zero-order valence-corrected chi connectivity index (χ0v) is 7.55. The molecule has 0 aromatic rings. The number of likely N-dealkylation sites (tertiary alicyclic amines) is 1. The van der Waals surface area contributed by atoms with Gasteiger partial charge in [0.25, 0.3) is 0 Å². The smallest absolute Gasteiger partial charge is 0.0806 e. The number of aliphatic hydroxyl groups excluding tert-OH is 1. The Labute approximate surface area is 69.4 Å². The van der Waals surface area contributed by atoms with Crippen LogP contribution in [0.25, 0.3) is 0 Å². The summed E-state index contributed by atoms with van der Waals surface area (Å²) in [6.45, 7) is 4.16. The van der Waals surface area contributed by atoms with Gasteiger partial charge >= 0.3 is 0 Å². The van der Waals surface area contributed by atoms with Gasteiger partial charge in [0, 0.05) is 13.0 Å². The lowest BCUT2D eigenvalue weighted by Crippen LogP contribution is -2.48. The van der Waals surface area contributed by atoms with Crippen LogP contribution in [0, 0.1) is 0 Å². The first-order chi connectivity index (χ1) is 5.27. The van der Waals surface area contributed by atoms with Crippen molar-refractivity contribution >= 4 is 0 Å². The lowest BCUT2D eigenvalue weighted by molar-refractivity contribution is -0.914. The van der Waals surface area contributed by atoms with Crippen LogP contribution in [0.15, 0.2) is 0 Å². The molecule has 0 bridgehead atoms. The topological polar surface area (TPSA) is 20.2 Å². The predicted molar refractivity (Wildman–Crippen MR) is 46.3 cm³/mol. The molecule has 1 heterocycles. The van der Waals surface area contributed by atoms with Crippen molar-refractivity contribution in [2.24, 2.45) is 0 Å². The quantitative estimate of drug-likeness (QED) is 0.607. The average Bonchev–Trinajstić information content (AvgIpc) is 2.03. The second-order valence-corrected chi connectivity index (χ2v) is 3.93. The molecule has 0 spiro atoms.